The van der Waals surface area contributed by atoms with Gasteiger partial charge >= 0.3 is 0 Å². The Bertz CT molecular complexity index is 231. The summed E-state index contributed by atoms with van der Waals surface area (Å²) in [6.45, 7) is 5.55. The third-order valence-corrected chi connectivity index (χ3v) is 1.79. The summed E-state index contributed by atoms with van der Waals surface area (Å²) < 4.78 is 1.97. The van der Waals surface area contributed by atoms with Crippen LogP contribution >= 0.6 is 0 Å². The van der Waals surface area contributed by atoms with E-state index in [4.69, 9.17) is 5.73 Å². The van der Waals surface area contributed by atoms with Crippen molar-refractivity contribution in [2.45, 2.75) is 26.4 Å². The lowest BCUT2D eigenvalue weighted by Crippen LogP contribution is -2.21. The molecule has 0 spiro atoms. The molecule has 0 radical (unpaired) electrons. The molecule has 1 aromatic rings. The van der Waals surface area contributed by atoms with E-state index in [-0.39, 0.29) is 0 Å². The predicted molar refractivity (Wildman–Crippen MR) is 53.3 cm³/mol. The molecule has 0 aliphatic rings. The fraction of sp³-hybridized carbons (Fsp3) is 0.667. The average molecular weight is 182 g/mol. The van der Waals surface area contributed by atoms with E-state index >= 15 is 0 Å². The number of rotatable bonds is 6. The first-order valence-corrected chi connectivity index (χ1v) is 4.79. The molecule has 4 heteroatoms. The van der Waals surface area contributed by atoms with Crippen LogP contribution in [0.4, 0.5) is 0 Å². The second kappa shape index (κ2) is 5.72. The average Bonchev–Trinajstić information content (AvgIpc) is 2.54. The van der Waals surface area contributed by atoms with Gasteiger partial charge < -0.3 is 11.1 Å². The Morgan fingerprint density at radius 1 is 1.62 bits per heavy atom. The van der Waals surface area contributed by atoms with Crippen LogP contribution in [0, 0.1) is 0 Å². The summed E-state index contributed by atoms with van der Waals surface area (Å²) in [5.74, 6) is 0. The van der Waals surface area contributed by atoms with E-state index in [9.17, 15) is 0 Å². The zero-order valence-corrected chi connectivity index (χ0v) is 8.16. The van der Waals surface area contributed by atoms with E-state index in [1.807, 2.05) is 10.9 Å². The molecular formula is C9H18N4. The Morgan fingerprint density at radius 2 is 2.46 bits per heavy atom. The molecule has 0 fully saturated rings. The van der Waals surface area contributed by atoms with E-state index in [1.54, 1.807) is 0 Å². The van der Waals surface area contributed by atoms with E-state index in [1.165, 1.54) is 5.56 Å². The molecule has 1 aromatic heterocycles. The van der Waals surface area contributed by atoms with Gasteiger partial charge in [0.1, 0.15) is 0 Å². The topological polar surface area (TPSA) is 55.9 Å². The summed E-state index contributed by atoms with van der Waals surface area (Å²) in [4.78, 5) is 0. The first-order valence-electron chi connectivity index (χ1n) is 4.79. The molecule has 0 aliphatic carbocycles. The molecule has 0 unspecified atom stereocenters. The lowest BCUT2D eigenvalue weighted by Gasteiger charge is -1.98. The quantitative estimate of drug-likeness (QED) is 0.624. The minimum Gasteiger partial charge on any atom is -0.329 e. The van der Waals surface area contributed by atoms with Gasteiger partial charge in [-0.15, -0.1) is 0 Å². The summed E-state index contributed by atoms with van der Waals surface area (Å²) in [6, 6.07) is 0. The zero-order valence-electron chi connectivity index (χ0n) is 8.16. The van der Waals surface area contributed by atoms with Gasteiger partial charge in [-0.2, -0.15) is 5.10 Å². The van der Waals surface area contributed by atoms with Gasteiger partial charge in [-0.3, -0.25) is 4.68 Å². The second-order valence-corrected chi connectivity index (χ2v) is 3.08. The normalized spacial score (nSPS) is 10.6. The number of aryl methyl sites for hydroxylation is 1. The highest BCUT2D eigenvalue weighted by Crippen LogP contribution is 1.97. The van der Waals surface area contributed by atoms with E-state index in [0.29, 0.717) is 6.54 Å². The highest BCUT2D eigenvalue weighted by Gasteiger charge is 1.96. The molecule has 0 atom stereocenters. The molecule has 3 N–H and O–H groups in total. The summed E-state index contributed by atoms with van der Waals surface area (Å²) in [5.41, 5.74) is 6.59. The predicted octanol–water partition coefficient (Wildman–Crippen LogP) is 0.341. The fourth-order valence-electron chi connectivity index (χ4n) is 1.18. The molecule has 0 amide bonds. The van der Waals surface area contributed by atoms with Gasteiger partial charge in [0.2, 0.25) is 0 Å². The third kappa shape index (κ3) is 3.57. The Kier molecular flexibility index (Phi) is 4.49. The van der Waals surface area contributed by atoms with Crippen LogP contribution < -0.4 is 11.1 Å². The molecule has 0 saturated carbocycles. The standard InChI is InChI=1S/C9H18N4/c1-2-5-13-8-9(7-12-13)6-11-4-3-10/h7-8,11H,2-6,10H2,1H3. The highest BCUT2D eigenvalue weighted by atomic mass is 15.3. The maximum absolute atomic E-state index is 5.36. The maximum Gasteiger partial charge on any atom is 0.0534 e. The number of nitrogens with one attached hydrogen (secondary N) is 1. The summed E-state index contributed by atoms with van der Waals surface area (Å²) in [6.07, 6.45) is 5.10. The van der Waals surface area contributed by atoms with Gasteiger partial charge in [-0.1, -0.05) is 6.92 Å². The molecule has 74 valence electrons. The van der Waals surface area contributed by atoms with Crippen LogP contribution in [-0.2, 0) is 13.1 Å². The van der Waals surface area contributed by atoms with Crippen LogP contribution in [-0.4, -0.2) is 22.9 Å². The largest absolute Gasteiger partial charge is 0.329 e. The molecule has 4 nitrogen and oxygen atoms in total. The number of hydrogen-bond acceptors (Lipinski definition) is 3. The van der Waals surface area contributed by atoms with Gasteiger partial charge in [0, 0.05) is 37.9 Å². The van der Waals surface area contributed by atoms with Gasteiger partial charge in [0.05, 0.1) is 6.20 Å². The van der Waals surface area contributed by atoms with Crippen molar-refractivity contribution >= 4 is 0 Å². The minimum absolute atomic E-state index is 0.684. The van der Waals surface area contributed by atoms with Crippen molar-refractivity contribution in [1.82, 2.24) is 15.1 Å². The molecule has 1 heterocycles. The zero-order chi connectivity index (χ0) is 9.52. The molecule has 13 heavy (non-hydrogen) atoms. The Hall–Kier alpha value is -0.870. The minimum atomic E-state index is 0.684. The molecule has 0 aromatic carbocycles. The van der Waals surface area contributed by atoms with Gasteiger partial charge in [-0.25, -0.2) is 0 Å². The smallest absolute Gasteiger partial charge is 0.0534 e. The van der Waals surface area contributed by atoms with Crippen LogP contribution in [0.3, 0.4) is 0 Å². The van der Waals surface area contributed by atoms with Crippen molar-refractivity contribution in [1.29, 1.82) is 0 Å². The van der Waals surface area contributed by atoms with Crippen molar-refractivity contribution in [3.8, 4) is 0 Å². The van der Waals surface area contributed by atoms with Crippen LogP contribution in [0.25, 0.3) is 0 Å². The molecule has 0 bridgehead atoms. The lowest BCUT2D eigenvalue weighted by atomic mass is 10.3. The van der Waals surface area contributed by atoms with E-state index in [0.717, 1.165) is 26.1 Å². The van der Waals surface area contributed by atoms with Crippen molar-refractivity contribution < 1.29 is 0 Å². The van der Waals surface area contributed by atoms with Crippen molar-refractivity contribution in [3.63, 3.8) is 0 Å². The van der Waals surface area contributed by atoms with Crippen molar-refractivity contribution in [2.24, 2.45) is 5.73 Å². The van der Waals surface area contributed by atoms with E-state index in [2.05, 4.69) is 23.5 Å². The van der Waals surface area contributed by atoms with Crippen LogP contribution in [0.15, 0.2) is 12.4 Å². The number of nitrogens with zero attached hydrogens (tertiary/aromatic N) is 2. The molecule has 1 rings (SSSR count). The highest BCUT2D eigenvalue weighted by molar-refractivity contribution is 5.03. The van der Waals surface area contributed by atoms with Gasteiger partial charge in [0.25, 0.3) is 0 Å². The maximum atomic E-state index is 5.36. The first kappa shape index (κ1) is 10.2. The molecule has 0 aliphatic heterocycles. The third-order valence-electron chi connectivity index (χ3n) is 1.79. The number of hydrogen-bond donors (Lipinski definition) is 2. The summed E-state index contributed by atoms with van der Waals surface area (Å²) >= 11 is 0. The molecule has 0 saturated heterocycles. The fourth-order valence-corrected chi connectivity index (χ4v) is 1.18. The Morgan fingerprint density at radius 3 is 3.15 bits per heavy atom. The summed E-state index contributed by atoms with van der Waals surface area (Å²) in [7, 11) is 0. The van der Waals surface area contributed by atoms with Gasteiger partial charge in [0.15, 0.2) is 0 Å². The van der Waals surface area contributed by atoms with E-state index < -0.39 is 0 Å². The second-order valence-electron chi connectivity index (χ2n) is 3.08. The van der Waals surface area contributed by atoms with Crippen molar-refractivity contribution in [3.05, 3.63) is 18.0 Å². The Balaban J connectivity index is 2.31. The number of aromatic nitrogens is 2. The number of nitrogens with two attached hydrogens (primary N) is 1. The summed E-state index contributed by atoms with van der Waals surface area (Å²) in [5, 5.41) is 7.46. The van der Waals surface area contributed by atoms with Crippen molar-refractivity contribution in [2.75, 3.05) is 13.1 Å². The first-order chi connectivity index (χ1) is 6.36. The van der Waals surface area contributed by atoms with Crippen LogP contribution in [0.5, 0.6) is 0 Å². The van der Waals surface area contributed by atoms with Gasteiger partial charge in [-0.05, 0) is 6.42 Å². The Labute approximate surface area is 79.1 Å². The molecular weight excluding hydrogens is 164 g/mol. The monoisotopic (exact) mass is 182 g/mol. The SMILES string of the molecule is CCCn1cc(CNCCN)cn1. The lowest BCUT2D eigenvalue weighted by molar-refractivity contribution is 0.601. The van der Waals surface area contributed by atoms with Crippen LogP contribution in [0.2, 0.25) is 0 Å². The van der Waals surface area contributed by atoms with Crippen LogP contribution in [0.1, 0.15) is 18.9 Å².